The zero-order valence-electron chi connectivity index (χ0n) is 10.6. The Labute approximate surface area is 107 Å². The molecule has 2 rings (SSSR count). The molecule has 0 atom stereocenters. The summed E-state index contributed by atoms with van der Waals surface area (Å²) < 4.78 is 0. The zero-order chi connectivity index (χ0) is 13.0. The predicted molar refractivity (Wildman–Crippen MR) is 69.5 cm³/mol. The number of aromatic nitrogens is 1. The largest absolute Gasteiger partial charge is 0.409 e. The summed E-state index contributed by atoms with van der Waals surface area (Å²) in [5.74, 6) is 0.0692. The molecule has 6 nitrogen and oxygen atoms in total. The molecule has 1 aliphatic heterocycles. The smallest absolute Gasteiger partial charge is 0.189 e. The van der Waals surface area contributed by atoms with Crippen LogP contribution in [0.5, 0.6) is 0 Å². The van der Waals surface area contributed by atoms with Gasteiger partial charge in [-0.3, -0.25) is 9.88 Å². The van der Waals surface area contributed by atoms with E-state index in [9.17, 15) is 0 Å². The highest BCUT2D eigenvalue weighted by Gasteiger charge is 2.16. The summed E-state index contributed by atoms with van der Waals surface area (Å²) in [4.78, 5) is 8.84. The molecule has 6 heteroatoms. The summed E-state index contributed by atoms with van der Waals surface area (Å²) >= 11 is 0. The molecule has 1 fully saturated rings. The fourth-order valence-electron chi connectivity index (χ4n) is 2.09. The third kappa shape index (κ3) is 2.96. The molecule has 0 amide bonds. The van der Waals surface area contributed by atoms with Gasteiger partial charge in [0, 0.05) is 38.9 Å². The number of nitrogens with two attached hydrogens (primary N) is 1. The molecule has 0 saturated carbocycles. The molecule has 0 bridgehead atoms. The molecule has 3 N–H and O–H groups in total. The fraction of sp³-hybridized carbons (Fsp3) is 0.500. The number of oxime groups is 1. The minimum Gasteiger partial charge on any atom is -0.409 e. The van der Waals surface area contributed by atoms with Crippen molar-refractivity contribution in [2.24, 2.45) is 10.9 Å². The second-order valence-electron chi connectivity index (χ2n) is 4.58. The summed E-state index contributed by atoms with van der Waals surface area (Å²) in [5, 5.41) is 11.8. The fourth-order valence-corrected chi connectivity index (χ4v) is 2.09. The third-order valence-electron chi connectivity index (χ3n) is 3.23. The van der Waals surface area contributed by atoms with E-state index in [4.69, 9.17) is 10.9 Å². The van der Waals surface area contributed by atoms with Crippen molar-refractivity contribution in [1.82, 2.24) is 14.8 Å². The van der Waals surface area contributed by atoms with Crippen molar-refractivity contribution in [3.05, 3.63) is 29.6 Å². The van der Waals surface area contributed by atoms with Gasteiger partial charge in [-0.25, -0.2) is 0 Å². The molecule has 0 spiro atoms. The number of hydrogen-bond donors (Lipinski definition) is 2. The van der Waals surface area contributed by atoms with E-state index < -0.39 is 0 Å². The molecule has 1 aromatic heterocycles. The first-order chi connectivity index (χ1) is 8.70. The first-order valence-corrected chi connectivity index (χ1v) is 6.03. The first-order valence-electron chi connectivity index (χ1n) is 6.03. The molecule has 98 valence electrons. The Balaban J connectivity index is 2.09. The van der Waals surface area contributed by atoms with Crippen LogP contribution in [0.1, 0.15) is 11.3 Å². The van der Waals surface area contributed by atoms with Crippen LogP contribution in [0.15, 0.2) is 23.5 Å². The number of piperazine rings is 1. The lowest BCUT2D eigenvalue weighted by Crippen LogP contribution is -2.44. The minimum atomic E-state index is 0.0692. The molecule has 1 saturated heterocycles. The van der Waals surface area contributed by atoms with Gasteiger partial charge in [-0.05, 0) is 18.7 Å². The summed E-state index contributed by atoms with van der Waals surface area (Å²) in [6.45, 7) is 4.98. The number of rotatable bonds is 3. The topological polar surface area (TPSA) is 78.0 Å². The van der Waals surface area contributed by atoms with Crippen LogP contribution in [-0.4, -0.2) is 59.1 Å². The van der Waals surface area contributed by atoms with Crippen molar-refractivity contribution in [1.29, 1.82) is 0 Å². The SMILES string of the molecule is CN1CCN(Cc2cccnc2C(N)=NO)CC1. The Morgan fingerprint density at radius 3 is 2.83 bits per heavy atom. The van der Waals surface area contributed by atoms with Gasteiger partial charge in [0.15, 0.2) is 5.84 Å². The maximum atomic E-state index is 8.76. The van der Waals surface area contributed by atoms with Crippen LogP contribution in [0.3, 0.4) is 0 Å². The highest BCUT2D eigenvalue weighted by Crippen LogP contribution is 2.11. The van der Waals surface area contributed by atoms with Gasteiger partial charge in [-0.2, -0.15) is 0 Å². The van der Waals surface area contributed by atoms with Gasteiger partial charge in [0.1, 0.15) is 5.69 Å². The number of amidine groups is 1. The summed E-state index contributed by atoms with van der Waals surface area (Å²) in [6.07, 6.45) is 1.65. The number of likely N-dealkylation sites (N-methyl/N-ethyl adjacent to an activating group) is 1. The predicted octanol–water partition coefficient (Wildman–Crippen LogP) is -0.0765. The van der Waals surface area contributed by atoms with Crippen molar-refractivity contribution < 1.29 is 5.21 Å². The Kier molecular flexibility index (Phi) is 4.11. The quantitative estimate of drug-likeness (QED) is 0.339. The zero-order valence-corrected chi connectivity index (χ0v) is 10.6. The maximum Gasteiger partial charge on any atom is 0.189 e. The molecule has 0 radical (unpaired) electrons. The third-order valence-corrected chi connectivity index (χ3v) is 3.23. The van der Waals surface area contributed by atoms with E-state index in [0.29, 0.717) is 5.69 Å². The lowest BCUT2D eigenvalue weighted by molar-refractivity contribution is 0.148. The normalized spacial score (nSPS) is 19.1. The number of nitrogens with zero attached hydrogens (tertiary/aromatic N) is 4. The van der Waals surface area contributed by atoms with Crippen LogP contribution in [0, 0.1) is 0 Å². The highest BCUT2D eigenvalue weighted by molar-refractivity contribution is 5.96. The Hall–Kier alpha value is -1.66. The van der Waals surface area contributed by atoms with Gasteiger partial charge in [0.25, 0.3) is 0 Å². The van der Waals surface area contributed by atoms with Crippen LogP contribution in [0.25, 0.3) is 0 Å². The average molecular weight is 249 g/mol. The average Bonchev–Trinajstić information content (AvgIpc) is 2.41. The van der Waals surface area contributed by atoms with E-state index in [2.05, 4.69) is 27.0 Å². The molecule has 0 unspecified atom stereocenters. The Morgan fingerprint density at radius 2 is 2.17 bits per heavy atom. The van der Waals surface area contributed by atoms with Gasteiger partial charge in [-0.15, -0.1) is 0 Å². The van der Waals surface area contributed by atoms with E-state index in [1.165, 1.54) is 0 Å². The minimum absolute atomic E-state index is 0.0692. The van der Waals surface area contributed by atoms with E-state index in [1.807, 2.05) is 12.1 Å². The summed E-state index contributed by atoms with van der Waals surface area (Å²) in [6, 6.07) is 3.85. The lowest BCUT2D eigenvalue weighted by atomic mass is 10.1. The molecule has 1 aromatic rings. The molecule has 0 aliphatic carbocycles. The summed E-state index contributed by atoms with van der Waals surface area (Å²) in [5.41, 5.74) is 7.20. The van der Waals surface area contributed by atoms with Crippen LogP contribution in [-0.2, 0) is 6.54 Å². The molecule has 18 heavy (non-hydrogen) atoms. The standard InChI is InChI=1S/C12H19N5O/c1-16-5-7-17(8-6-16)9-10-3-2-4-14-11(10)12(13)15-18/h2-4,18H,5-9H2,1H3,(H2,13,15). The van der Waals surface area contributed by atoms with E-state index >= 15 is 0 Å². The number of hydrogen-bond acceptors (Lipinski definition) is 5. The van der Waals surface area contributed by atoms with Crippen molar-refractivity contribution in [2.75, 3.05) is 33.2 Å². The monoisotopic (exact) mass is 249 g/mol. The van der Waals surface area contributed by atoms with Gasteiger partial charge >= 0.3 is 0 Å². The molecule has 0 aromatic carbocycles. The van der Waals surface area contributed by atoms with Crippen LogP contribution in [0.2, 0.25) is 0 Å². The van der Waals surface area contributed by atoms with E-state index in [1.54, 1.807) is 6.20 Å². The van der Waals surface area contributed by atoms with Crippen LogP contribution in [0.4, 0.5) is 0 Å². The Morgan fingerprint density at radius 1 is 1.44 bits per heavy atom. The van der Waals surface area contributed by atoms with Gasteiger partial charge < -0.3 is 15.8 Å². The maximum absolute atomic E-state index is 8.76. The first kappa shape index (κ1) is 12.8. The second-order valence-corrected chi connectivity index (χ2v) is 4.58. The molecule has 1 aliphatic rings. The van der Waals surface area contributed by atoms with Crippen LogP contribution >= 0.6 is 0 Å². The van der Waals surface area contributed by atoms with Gasteiger partial charge in [0.05, 0.1) is 0 Å². The Bertz CT molecular complexity index is 426. The van der Waals surface area contributed by atoms with Crippen molar-refractivity contribution in [3.8, 4) is 0 Å². The summed E-state index contributed by atoms with van der Waals surface area (Å²) in [7, 11) is 2.13. The lowest BCUT2D eigenvalue weighted by Gasteiger charge is -2.32. The molecule has 2 heterocycles. The van der Waals surface area contributed by atoms with Gasteiger partial charge in [0.2, 0.25) is 0 Å². The molecular formula is C12H19N5O. The second kappa shape index (κ2) is 5.79. The van der Waals surface area contributed by atoms with Crippen molar-refractivity contribution >= 4 is 5.84 Å². The number of pyridine rings is 1. The van der Waals surface area contributed by atoms with E-state index in [0.717, 1.165) is 38.3 Å². The van der Waals surface area contributed by atoms with Crippen molar-refractivity contribution in [3.63, 3.8) is 0 Å². The van der Waals surface area contributed by atoms with Crippen molar-refractivity contribution in [2.45, 2.75) is 6.54 Å². The highest BCUT2D eigenvalue weighted by atomic mass is 16.4. The van der Waals surface area contributed by atoms with Crippen LogP contribution < -0.4 is 5.73 Å². The molecular weight excluding hydrogens is 230 g/mol. The van der Waals surface area contributed by atoms with Gasteiger partial charge in [-0.1, -0.05) is 11.2 Å². The van der Waals surface area contributed by atoms with E-state index in [-0.39, 0.29) is 5.84 Å².